The van der Waals surface area contributed by atoms with Crippen molar-refractivity contribution >= 4 is 28.5 Å². The maximum Gasteiger partial charge on any atom is 0.249 e. The van der Waals surface area contributed by atoms with Crippen molar-refractivity contribution < 1.29 is 33.3 Å². The number of methoxy groups -OCH3 is 3. The molecule has 0 saturated heterocycles. The first-order valence-corrected chi connectivity index (χ1v) is 14.1. The third-order valence-electron chi connectivity index (χ3n) is 7.43. The highest BCUT2D eigenvalue weighted by Gasteiger charge is 2.35. The first-order chi connectivity index (χ1) is 22.0. The Balaban J connectivity index is 1.49. The molecule has 0 bridgehead atoms. The topological polar surface area (TPSA) is 126 Å². The van der Waals surface area contributed by atoms with Gasteiger partial charge in [0.25, 0.3) is 0 Å². The Kier molecular flexibility index (Phi) is 8.36. The van der Waals surface area contributed by atoms with Crippen LogP contribution in [0.15, 0.2) is 84.9 Å². The predicted octanol–water partition coefficient (Wildman–Crippen LogP) is 4.28. The number of anilines is 1. The highest BCUT2D eigenvalue weighted by Crippen LogP contribution is 2.43. The van der Waals surface area contributed by atoms with Crippen LogP contribution in [0, 0.1) is 0 Å². The van der Waals surface area contributed by atoms with Crippen LogP contribution in [0.4, 0.5) is 5.69 Å². The van der Waals surface area contributed by atoms with Crippen molar-refractivity contribution in [2.75, 3.05) is 33.0 Å². The molecular formula is C33H31N5O7. The molecule has 1 aliphatic rings. The largest absolute Gasteiger partial charge is 0.493 e. The second kappa shape index (κ2) is 12.8. The third-order valence-corrected chi connectivity index (χ3v) is 7.43. The summed E-state index contributed by atoms with van der Waals surface area (Å²) in [6.07, 6.45) is 0. The lowest BCUT2D eigenvalue weighted by molar-refractivity contribution is -0.127. The molecule has 2 heterocycles. The SMILES string of the molecule is COc1cc([C@@H](C(=O)NCc2ccccc2)N(C(=O)Cn2nnc3ccccc32)c2ccc3c(c2)OCO3)cc(OC)c1OC. The molecule has 0 radical (unpaired) electrons. The van der Waals surface area contributed by atoms with E-state index in [1.165, 1.54) is 30.9 Å². The van der Waals surface area contributed by atoms with Crippen LogP contribution < -0.4 is 33.9 Å². The molecular weight excluding hydrogens is 578 g/mol. The lowest BCUT2D eigenvalue weighted by Crippen LogP contribution is -2.45. The monoisotopic (exact) mass is 609 g/mol. The van der Waals surface area contributed by atoms with E-state index in [0.29, 0.717) is 51.0 Å². The number of hydrogen-bond donors (Lipinski definition) is 1. The Labute approximate surface area is 259 Å². The molecule has 12 nitrogen and oxygen atoms in total. The van der Waals surface area contributed by atoms with Crippen molar-refractivity contribution in [1.82, 2.24) is 20.3 Å². The minimum Gasteiger partial charge on any atom is -0.493 e. The normalized spacial score (nSPS) is 12.4. The molecule has 12 heteroatoms. The van der Waals surface area contributed by atoms with Gasteiger partial charge in [-0.2, -0.15) is 0 Å². The molecule has 5 aromatic rings. The smallest absolute Gasteiger partial charge is 0.249 e. The molecule has 1 aliphatic heterocycles. The molecule has 1 N–H and O–H groups in total. The first-order valence-electron chi connectivity index (χ1n) is 14.1. The summed E-state index contributed by atoms with van der Waals surface area (Å²) >= 11 is 0. The summed E-state index contributed by atoms with van der Waals surface area (Å²) < 4.78 is 29.4. The van der Waals surface area contributed by atoms with Crippen LogP contribution in [-0.4, -0.2) is 54.9 Å². The number of nitrogens with zero attached hydrogens (tertiary/aromatic N) is 4. The third kappa shape index (κ3) is 5.90. The molecule has 0 aliphatic carbocycles. The summed E-state index contributed by atoms with van der Waals surface area (Å²) in [7, 11) is 4.47. The van der Waals surface area contributed by atoms with Crippen molar-refractivity contribution in [3.63, 3.8) is 0 Å². The van der Waals surface area contributed by atoms with Crippen LogP contribution in [-0.2, 0) is 22.7 Å². The van der Waals surface area contributed by atoms with Gasteiger partial charge in [-0.1, -0.05) is 47.7 Å². The van der Waals surface area contributed by atoms with Crippen molar-refractivity contribution in [3.8, 4) is 28.7 Å². The van der Waals surface area contributed by atoms with Gasteiger partial charge in [0.15, 0.2) is 23.0 Å². The lowest BCUT2D eigenvalue weighted by atomic mass is 10.0. The van der Waals surface area contributed by atoms with Gasteiger partial charge in [-0.3, -0.25) is 14.5 Å². The van der Waals surface area contributed by atoms with E-state index in [0.717, 1.165) is 5.56 Å². The van der Waals surface area contributed by atoms with E-state index in [1.54, 1.807) is 30.3 Å². The molecule has 230 valence electrons. The zero-order valence-electron chi connectivity index (χ0n) is 24.9. The number of carbonyl (C=O) groups excluding carboxylic acids is 2. The van der Waals surface area contributed by atoms with E-state index in [9.17, 15) is 9.59 Å². The maximum atomic E-state index is 14.5. The fraction of sp³-hybridized carbons (Fsp3) is 0.212. The molecule has 1 atom stereocenters. The molecule has 4 aromatic carbocycles. The fourth-order valence-electron chi connectivity index (χ4n) is 5.27. The number of amides is 2. The van der Waals surface area contributed by atoms with E-state index in [1.807, 2.05) is 54.6 Å². The van der Waals surface area contributed by atoms with Crippen molar-refractivity contribution in [3.05, 3.63) is 96.1 Å². The highest BCUT2D eigenvalue weighted by molar-refractivity contribution is 6.02. The second-order valence-electron chi connectivity index (χ2n) is 10.1. The van der Waals surface area contributed by atoms with E-state index >= 15 is 0 Å². The van der Waals surface area contributed by atoms with Crippen LogP contribution in [0.25, 0.3) is 11.0 Å². The molecule has 45 heavy (non-hydrogen) atoms. The van der Waals surface area contributed by atoms with Gasteiger partial charge < -0.3 is 29.0 Å². The number of rotatable bonds is 11. The van der Waals surface area contributed by atoms with Crippen molar-refractivity contribution in [1.29, 1.82) is 0 Å². The van der Waals surface area contributed by atoms with E-state index in [2.05, 4.69) is 15.6 Å². The van der Waals surface area contributed by atoms with E-state index < -0.39 is 17.9 Å². The molecule has 0 unspecified atom stereocenters. The molecule has 0 saturated carbocycles. The number of para-hydroxylation sites is 1. The standard InChI is InChI=1S/C33H31N5O7/c1-41-28-15-22(16-29(42-2)32(28)43-3)31(33(40)34-18-21-9-5-4-6-10-21)38(23-13-14-26-27(17-23)45-20-44-26)30(39)19-37-25-12-8-7-11-24(25)35-36-37/h4-17,31H,18-20H2,1-3H3,(H,34,40)/t31-/m0/s1. The minimum absolute atomic E-state index is 0.0472. The van der Waals surface area contributed by atoms with Gasteiger partial charge in [-0.05, 0) is 47.5 Å². The van der Waals surface area contributed by atoms with Crippen LogP contribution in [0.1, 0.15) is 17.2 Å². The van der Waals surface area contributed by atoms with Gasteiger partial charge in [0, 0.05) is 18.3 Å². The first kappa shape index (κ1) is 29.3. The highest BCUT2D eigenvalue weighted by atomic mass is 16.7. The number of ether oxygens (including phenoxy) is 5. The lowest BCUT2D eigenvalue weighted by Gasteiger charge is -2.32. The number of hydrogen-bond acceptors (Lipinski definition) is 9. The summed E-state index contributed by atoms with van der Waals surface area (Å²) in [5, 5.41) is 11.4. The van der Waals surface area contributed by atoms with Crippen LogP contribution >= 0.6 is 0 Å². The second-order valence-corrected chi connectivity index (χ2v) is 10.1. The molecule has 2 amide bonds. The molecule has 6 rings (SSSR count). The van der Waals surface area contributed by atoms with Crippen LogP contribution in [0.2, 0.25) is 0 Å². The summed E-state index contributed by atoms with van der Waals surface area (Å²) in [6, 6.07) is 24.1. The number of benzene rings is 4. The zero-order chi connectivity index (χ0) is 31.3. The summed E-state index contributed by atoms with van der Waals surface area (Å²) in [5.74, 6) is 1.11. The van der Waals surface area contributed by atoms with Gasteiger partial charge in [0.1, 0.15) is 18.1 Å². The zero-order valence-corrected chi connectivity index (χ0v) is 24.9. The van der Waals surface area contributed by atoms with Gasteiger partial charge in [0.05, 0.1) is 26.8 Å². The van der Waals surface area contributed by atoms with Gasteiger partial charge in [-0.15, -0.1) is 5.10 Å². The van der Waals surface area contributed by atoms with Crippen LogP contribution in [0.5, 0.6) is 28.7 Å². The fourth-order valence-corrected chi connectivity index (χ4v) is 5.27. The number of aromatic nitrogens is 3. The average molecular weight is 610 g/mol. The minimum atomic E-state index is -1.19. The molecule has 1 aromatic heterocycles. The van der Waals surface area contributed by atoms with Gasteiger partial charge >= 0.3 is 0 Å². The van der Waals surface area contributed by atoms with Crippen molar-refractivity contribution in [2.45, 2.75) is 19.1 Å². The molecule has 0 spiro atoms. The number of nitrogens with one attached hydrogen (secondary N) is 1. The Morgan fingerprint density at radius 2 is 1.60 bits per heavy atom. The Morgan fingerprint density at radius 1 is 0.889 bits per heavy atom. The number of fused-ring (bicyclic) bond motifs is 2. The van der Waals surface area contributed by atoms with Gasteiger partial charge in [0.2, 0.25) is 24.4 Å². The van der Waals surface area contributed by atoms with Crippen molar-refractivity contribution in [2.24, 2.45) is 0 Å². The van der Waals surface area contributed by atoms with E-state index in [4.69, 9.17) is 23.7 Å². The average Bonchev–Trinajstić information content (AvgIpc) is 3.72. The van der Waals surface area contributed by atoms with Crippen LogP contribution in [0.3, 0.4) is 0 Å². The summed E-state index contributed by atoms with van der Waals surface area (Å²) in [4.78, 5) is 30.2. The molecule has 0 fully saturated rings. The Morgan fingerprint density at radius 3 is 2.33 bits per heavy atom. The quantitative estimate of drug-likeness (QED) is 0.234. The predicted molar refractivity (Wildman–Crippen MR) is 165 cm³/mol. The summed E-state index contributed by atoms with van der Waals surface area (Å²) in [5.41, 5.74) is 3.03. The Hall–Kier alpha value is -5.78. The Bertz CT molecular complexity index is 1820. The number of carbonyl (C=O) groups is 2. The van der Waals surface area contributed by atoms with E-state index in [-0.39, 0.29) is 19.9 Å². The summed E-state index contributed by atoms with van der Waals surface area (Å²) in [6.45, 7) is 0.0743. The van der Waals surface area contributed by atoms with Gasteiger partial charge in [-0.25, -0.2) is 4.68 Å². The maximum absolute atomic E-state index is 14.5.